The summed E-state index contributed by atoms with van der Waals surface area (Å²) in [6, 6.07) is 19.1. The topological polar surface area (TPSA) is 118 Å². The van der Waals surface area contributed by atoms with Crippen LogP contribution in [0.25, 0.3) is 11.0 Å². The van der Waals surface area contributed by atoms with Crippen molar-refractivity contribution in [2.24, 2.45) is 5.14 Å². The summed E-state index contributed by atoms with van der Waals surface area (Å²) in [5, 5.41) is 8.49. The molecule has 0 aliphatic carbocycles. The van der Waals surface area contributed by atoms with Crippen LogP contribution in [0.2, 0.25) is 0 Å². The van der Waals surface area contributed by atoms with Crippen molar-refractivity contribution in [3.8, 4) is 0 Å². The molecule has 7 nitrogen and oxygen atoms in total. The first kappa shape index (κ1) is 20.9. The zero-order chi connectivity index (χ0) is 21.8. The monoisotopic (exact) mass is 434 g/mol. The molecule has 1 atom stereocenters. The van der Waals surface area contributed by atoms with Gasteiger partial charge < -0.3 is 10.3 Å². The summed E-state index contributed by atoms with van der Waals surface area (Å²) in [4.78, 5) is 21.0. The first-order valence-corrected chi connectivity index (χ1v) is 11.3. The summed E-state index contributed by atoms with van der Waals surface area (Å²) in [5.74, 6) is -0.0688. The van der Waals surface area contributed by atoms with Crippen LogP contribution in [0.3, 0.4) is 0 Å². The average molecular weight is 435 g/mol. The molecule has 0 radical (unpaired) electrons. The highest BCUT2D eigenvalue weighted by Gasteiger charge is 2.24. The van der Waals surface area contributed by atoms with E-state index in [0.717, 1.165) is 16.6 Å². The van der Waals surface area contributed by atoms with E-state index in [1.54, 1.807) is 24.5 Å². The van der Waals surface area contributed by atoms with E-state index in [-0.39, 0.29) is 10.7 Å². The van der Waals surface area contributed by atoms with Crippen molar-refractivity contribution in [1.82, 2.24) is 15.3 Å². The van der Waals surface area contributed by atoms with Crippen molar-refractivity contribution in [3.05, 3.63) is 95.8 Å². The summed E-state index contributed by atoms with van der Waals surface area (Å²) < 4.78 is 22.8. The number of fused-ring (bicyclic) bond motifs is 1. The van der Waals surface area contributed by atoms with Gasteiger partial charge in [-0.05, 0) is 41.8 Å². The molecule has 158 valence electrons. The molecule has 4 N–H and O–H groups in total. The second kappa shape index (κ2) is 8.81. The molecule has 4 aromatic rings. The van der Waals surface area contributed by atoms with Gasteiger partial charge in [0.15, 0.2) is 5.78 Å². The number of sulfonamides is 1. The molecule has 2 aromatic carbocycles. The highest BCUT2D eigenvalue weighted by Crippen LogP contribution is 2.23. The lowest BCUT2D eigenvalue weighted by Crippen LogP contribution is -2.30. The van der Waals surface area contributed by atoms with Gasteiger partial charge in [-0.15, -0.1) is 0 Å². The molecule has 0 bridgehead atoms. The number of pyridine rings is 1. The Labute approximate surface area is 180 Å². The number of nitrogens with two attached hydrogens (primary N) is 1. The maximum atomic E-state index is 13.4. The molecule has 2 aromatic heterocycles. The number of H-pyrrole nitrogens is 1. The van der Waals surface area contributed by atoms with Gasteiger partial charge in [0.25, 0.3) is 0 Å². The van der Waals surface area contributed by atoms with Crippen LogP contribution in [0.1, 0.15) is 27.5 Å². The molecule has 0 saturated heterocycles. The van der Waals surface area contributed by atoms with Crippen molar-refractivity contribution < 1.29 is 13.2 Å². The van der Waals surface area contributed by atoms with Gasteiger partial charge in [0.1, 0.15) is 0 Å². The van der Waals surface area contributed by atoms with E-state index in [1.165, 1.54) is 12.1 Å². The Bertz CT molecular complexity index is 1300. The molecular formula is C23H22N4O3S. The number of benzene rings is 2. The number of rotatable bonds is 8. The molecule has 0 aliphatic rings. The predicted octanol–water partition coefficient (Wildman–Crippen LogP) is 2.97. The van der Waals surface area contributed by atoms with Crippen molar-refractivity contribution in [2.75, 3.05) is 6.54 Å². The number of Topliss-reactive ketones (excluding diaryl/α,β-unsaturated/α-hetero) is 1. The van der Waals surface area contributed by atoms with Crippen molar-refractivity contribution in [1.29, 1.82) is 0 Å². The summed E-state index contributed by atoms with van der Waals surface area (Å²) >= 11 is 0. The molecule has 1 unspecified atom stereocenters. The van der Waals surface area contributed by atoms with Gasteiger partial charge in [0, 0.05) is 18.9 Å². The molecule has 0 aliphatic heterocycles. The van der Waals surface area contributed by atoms with Crippen molar-refractivity contribution in [3.63, 3.8) is 0 Å². The molecule has 0 fully saturated rings. The van der Waals surface area contributed by atoms with E-state index >= 15 is 0 Å². The predicted molar refractivity (Wildman–Crippen MR) is 119 cm³/mol. The summed E-state index contributed by atoms with van der Waals surface area (Å²) in [5.41, 5.74) is 3.80. The molecule has 0 spiro atoms. The molecular weight excluding hydrogens is 412 g/mol. The van der Waals surface area contributed by atoms with Crippen LogP contribution in [0.5, 0.6) is 0 Å². The van der Waals surface area contributed by atoms with Crippen LogP contribution in [-0.2, 0) is 16.4 Å². The van der Waals surface area contributed by atoms with E-state index in [0.29, 0.717) is 24.0 Å². The number of aromatic amines is 1. The normalized spacial score (nSPS) is 12.7. The van der Waals surface area contributed by atoms with Crippen LogP contribution >= 0.6 is 0 Å². The molecule has 31 heavy (non-hydrogen) atoms. The Morgan fingerprint density at radius 1 is 1.03 bits per heavy atom. The zero-order valence-corrected chi connectivity index (χ0v) is 17.5. The average Bonchev–Trinajstić information content (AvgIpc) is 3.21. The summed E-state index contributed by atoms with van der Waals surface area (Å²) in [6.45, 7) is 0.524. The minimum Gasteiger partial charge on any atom is -0.359 e. The van der Waals surface area contributed by atoms with E-state index in [1.807, 2.05) is 42.5 Å². The van der Waals surface area contributed by atoms with Gasteiger partial charge in [0.05, 0.1) is 27.5 Å². The third kappa shape index (κ3) is 4.72. The number of carbonyl (C=O) groups excluding carboxylic acids is 1. The fourth-order valence-electron chi connectivity index (χ4n) is 3.51. The number of hydrogen-bond donors (Lipinski definition) is 3. The van der Waals surface area contributed by atoms with Crippen LogP contribution in [0, 0.1) is 0 Å². The second-order valence-corrected chi connectivity index (χ2v) is 8.76. The number of primary sulfonamides is 1. The molecule has 4 rings (SSSR count). The number of carbonyl (C=O) groups is 1. The SMILES string of the molecule is NS(=O)(=O)c1ccc(CCNC(C(=O)c2c[nH]c3cccnc23)c2ccccc2)cc1. The van der Waals surface area contributed by atoms with Crippen LogP contribution in [0.4, 0.5) is 0 Å². The highest BCUT2D eigenvalue weighted by molar-refractivity contribution is 7.89. The number of hydrogen-bond acceptors (Lipinski definition) is 5. The van der Waals surface area contributed by atoms with Crippen molar-refractivity contribution in [2.45, 2.75) is 17.4 Å². The fraction of sp³-hybridized carbons (Fsp3) is 0.130. The molecule has 8 heteroatoms. The third-order valence-electron chi connectivity index (χ3n) is 5.11. The first-order valence-electron chi connectivity index (χ1n) is 9.80. The molecule has 0 saturated carbocycles. The molecule has 2 heterocycles. The maximum Gasteiger partial charge on any atom is 0.238 e. The lowest BCUT2D eigenvalue weighted by atomic mass is 9.98. The number of aromatic nitrogens is 2. The Balaban J connectivity index is 1.53. The first-order chi connectivity index (χ1) is 14.9. The quantitative estimate of drug-likeness (QED) is 0.369. The minimum absolute atomic E-state index is 0.0688. The van der Waals surface area contributed by atoms with Gasteiger partial charge in [-0.25, -0.2) is 13.6 Å². The van der Waals surface area contributed by atoms with Crippen LogP contribution in [0.15, 0.2) is 84.0 Å². The van der Waals surface area contributed by atoms with Crippen LogP contribution < -0.4 is 10.5 Å². The van der Waals surface area contributed by atoms with Gasteiger partial charge >= 0.3 is 0 Å². The van der Waals surface area contributed by atoms with Gasteiger partial charge in [0.2, 0.25) is 10.0 Å². The Hall–Kier alpha value is -3.33. The minimum atomic E-state index is -3.71. The summed E-state index contributed by atoms with van der Waals surface area (Å²) in [7, 11) is -3.71. The smallest absolute Gasteiger partial charge is 0.238 e. The molecule has 0 amide bonds. The van der Waals surface area contributed by atoms with Gasteiger partial charge in [-0.2, -0.15) is 0 Å². The maximum absolute atomic E-state index is 13.4. The number of ketones is 1. The largest absolute Gasteiger partial charge is 0.359 e. The second-order valence-electron chi connectivity index (χ2n) is 7.20. The van der Waals surface area contributed by atoms with E-state index < -0.39 is 16.1 Å². The Morgan fingerprint density at radius 3 is 2.48 bits per heavy atom. The summed E-state index contributed by atoms with van der Waals surface area (Å²) in [6.07, 6.45) is 3.99. The van der Waals surface area contributed by atoms with Crippen molar-refractivity contribution >= 4 is 26.8 Å². The number of nitrogens with one attached hydrogen (secondary N) is 2. The highest BCUT2D eigenvalue weighted by atomic mass is 32.2. The van der Waals surface area contributed by atoms with Gasteiger partial charge in [-0.1, -0.05) is 42.5 Å². The van der Waals surface area contributed by atoms with E-state index in [9.17, 15) is 13.2 Å². The lowest BCUT2D eigenvalue weighted by Gasteiger charge is -2.18. The fourth-order valence-corrected chi connectivity index (χ4v) is 4.03. The van der Waals surface area contributed by atoms with E-state index in [2.05, 4.69) is 15.3 Å². The van der Waals surface area contributed by atoms with Crippen LogP contribution in [-0.4, -0.2) is 30.7 Å². The Morgan fingerprint density at radius 2 is 1.77 bits per heavy atom. The third-order valence-corrected chi connectivity index (χ3v) is 6.04. The van der Waals surface area contributed by atoms with Gasteiger partial charge in [-0.3, -0.25) is 9.78 Å². The van der Waals surface area contributed by atoms with E-state index in [4.69, 9.17) is 5.14 Å². The zero-order valence-electron chi connectivity index (χ0n) is 16.7. The Kier molecular flexibility index (Phi) is 5.94. The lowest BCUT2D eigenvalue weighted by molar-refractivity contribution is 0.0944. The standard InChI is InChI=1S/C23H22N4O3S/c24-31(29,30)18-10-8-16(9-11-18)12-14-26-21(17-5-2-1-3-6-17)23(28)19-15-27-20-7-4-13-25-22(19)20/h1-11,13,15,21,26-27H,12,14H2,(H2,24,29,30). The number of nitrogens with zero attached hydrogens (tertiary/aromatic N) is 1.